The highest BCUT2D eigenvalue weighted by atomic mass is 19.4. The van der Waals surface area contributed by atoms with E-state index in [2.05, 4.69) is 6.08 Å². The predicted octanol–water partition coefficient (Wildman–Crippen LogP) is 7.30. The monoisotopic (exact) mass is 330 g/mol. The van der Waals surface area contributed by atoms with Gasteiger partial charge in [-0.25, -0.2) is 0 Å². The molecule has 0 amide bonds. The van der Waals surface area contributed by atoms with Crippen LogP contribution in [0.2, 0.25) is 0 Å². The summed E-state index contributed by atoms with van der Waals surface area (Å²) in [5, 5.41) is 0. The minimum atomic E-state index is -4.04. The lowest BCUT2D eigenvalue weighted by Gasteiger charge is -2.35. The van der Waals surface area contributed by atoms with Gasteiger partial charge in [-0.05, 0) is 56.3 Å². The Morgan fingerprint density at radius 1 is 0.913 bits per heavy atom. The summed E-state index contributed by atoms with van der Waals surface area (Å²) in [5.41, 5.74) is 0. The Hall–Kier alpha value is -0.470. The first-order valence-electron chi connectivity index (χ1n) is 9.74. The van der Waals surface area contributed by atoms with E-state index in [4.69, 9.17) is 0 Å². The summed E-state index contributed by atoms with van der Waals surface area (Å²) in [6.07, 6.45) is 12.9. The Bertz CT molecular complexity index is 344. The molecule has 0 radical (unpaired) electrons. The zero-order chi connectivity index (χ0) is 16.7. The topological polar surface area (TPSA) is 0 Å². The van der Waals surface area contributed by atoms with Crippen molar-refractivity contribution < 1.29 is 13.2 Å². The van der Waals surface area contributed by atoms with Crippen molar-refractivity contribution in [3.8, 4) is 0 Å². The van der Waals surface area contributed by atoms with Gasteiger partial charge in [-0.3, -0.25) is 0 Å². The lowest BCUT2D eigenvalue weighted by Crippen LogP contribution is -2.23. The maximum absolute atomic E-state index is 12.9. The van der Waals surface area contributed by atoms with Crippen LogP contribution in [0.15, 0.2) is 12.2 Å². The molecule has 0 heterocycles. The molecule has 0 aromatic rings. The van der Waals surface area contributed by atoms with Gasteiger partial charge in [-0.1, -0.05) is 57.6 Å². The number of hydrogen-bond donors (Lipinski definition) is 0. The van der Waals surface area contributed by atoms with E-state index in [1.54, 1.807) is 0 Å². The second-order valence-corrected chi connectivity index (χ2v) is 7.76. The summed E-state index contributed by atoms with van der Waals surface area (Å²) in [6, 6.07) is 0. The molecule has 0 aromatic carbocycles. The van der Waals surface area contributed by atoms with Gasteiger partial charge in [-0.2, -0.15) is 13.2 Å². The van der Waals surface area contributed by atoms with Crippen molar-refractivity contribution in [1.29, 1.82) is 0 Å². The molecule has 2 fully saturated rings. The van der Waals surface area contributed by atoms with Gasteiger partial charge in [0.25, 0.3) is 0 Å². The van der Waals surface area contributed by atoms with Crippen LogP contribution in [0.1, 0.15) is 84.0 Å². The highest BCUT2D eigenvalue weighted by molar-refractivity contribution is 4.94. The first-order valence-corrected chi connectivity index (χ1v) is 9.74. The van der Waals surface area contributed by atoms with E-state index in [0.29, 0.717) is 12.3 Å². The molecule has 0 aliphatic heterocycles. The fraction of sp³-hybridized carbons (Fsp3) is 0.900. The molecule has 0 aromatic heterocycles. The second kappa shape index (κ2) is 9.13. The number of allylic oxidation sites excluding steroid dienone is 2. The van der Waals surface area contributed by atoms with Crippen LogP contribution in [0, 0.1) is 23.7 Å². The number of halogens is 3. The van der Waals surface area contributed by atoms with E-state index in [1.165, 1.54) is 57.8 Å². The van der Waals surface area contributed by atoms with E-state index >= 15 is 0 Å². The van der Waals surface area contributed by atoms with E-state index < -0.39 is 12.1 Å². The Balaban J connectivity index is 1.72. The lowest BCUT2D eigenvalue weighted by atomic mass is 9.71. The zero-order valence-electron chi connectivity index (χ0n) is 14.6. The molecule has 1 atom stereocenters. The largest absolute Gasteiger partial charge is 0.392 e. The molecule has 0 bridgehead atoms. The Morgan fingerprint density at radius 2 is 1.52 bits per heavy atom. The van der Waals surface area contributed by atoms with Gasteiger partial charge in [0, 0.05) is 0 Å². The first-order chi connectivity index (χ1) is 11.0. The average molecular weight is 330 g/mol. The minimum Gasteiger partial charge on any atom is -0.171 e. The van der Waals surface area contributed by atoms with Crippen molar-refractivity contribution in [3.05, 3.63) is 12.2 Å². The standard InChI is InChI=1S/C20H33F3/c1-2-7-19(20(21,22)23)11-6-8-16-12-14-18(15-13-16)17-9-4-3-5-10-17/h6,8,16-19H,2-5,7,9-15H2,1H3/t16-,18-,19?. The summed E-state index contributed by atoms with van der Waals surface area (Å²) < 4.78 is 38.7. The summed E-state index contributed by atoms with van der Waals surface area (Å²) in [5.74, 6) is 1.20. The Morgan fingerprint density at radius 3 is 2.09 bits per heavy atom. The molecule has 2 rings (SSSR count). The molecule has 0 spiro atoms. The fourth-order valence-electron chi connectivity index (χ4n) is 4.61. The third-order valence-electron chi connectivity index (χ3n) is 6.06. The van der Waals surface area contributed by atoms with Gasteiger partial charge >= 0.3 is 6.18 Å². The zero-order valence-corrected chi connectivity index (χ0v) is 14.6. The number of hydrogen-bond acceptors (Lipinski definition) is 0. The van der Waals surface area contributed by atoms with Crippen molar-refractivity contribution in [2.24, 2.45) is 23.7 Å². The van der Waals surface area contributed by atoms with Gasteiger partial charge in [0.1, 0.15) is 0 Å². The maximum Gasteiger partial charge on any atom is 0.392 e. The lowest BCUT2D eigenvalue weighted by molar-refractivity contribution is -0.175. The third-order valence-corrected chi connectivity index (χ3v) is 6.06. The highest BCUT2D eigenvalue weighted by Crippen LogP contribution is 2.40. The van der Waals surface area contributed by atoms with Crippen molar-refractivity contribution in [2.45, 2.75) is 90.1 Å². The normalized spacial score (nSPS) is 29.0. The van der Waals surface area contributed by atoms with Crippen LogP contribution >= 0.6 is 0 Å². The molecule has 0 saturated heterocycles. The summed E-state index contributed by atoms with van der Waals surface area (Å²) in [6.45, 7) is 1.83. The number of alkyl halides is 3. The number of rotatable bonds is 6. The quantitative estimate of drug-likeness (QED) is 0.448. The van der Waals surface area contributed by atoms with Crippen LogP contribution in [0.25, 0.3) is 0 Å². The van der Waals surface area contributed by atoms with E-state index in [-0.39, 0.29) is 12.8 Å². The molecule has 0 N–H and O–H groups in total. The molecular weight excluding hydrogens is 297 g/mol. The maximum atomic E-state index is 12.9. The molecule has 0 nitrogen and oxygen atoms in total. The van der Waals surface area contributed by atoms with Crippen molar-refractivity contribution in [1.82, 2.24) is 0 Å². The van der Waals surface area contributed by atoms with E-state index in [1.807, 2.05) is 13.0 Å². The molecule has 1 unspecified atom stereocenters. The van der Waals surface area contributed by atoms with Crippen LogP contribution in [-0.2, 0) is 0 Å². The van der Waals surface area contributed by atoms with E-state index in [0.717, 1.165) is 11.8 Å². The van der Waals surface area contributed by atoms with Gasteiger partial charge in [-0.15, -0.1) is 0 Å². The summed E-state index contributed by atoms with van der Waals surface area (Å²) in [4.78, 5) is 0. The van der Waals surface area contributed by atoms with Crippen molar-refractivity contribution >= 4 is 0 Å². The van der Waals surface area contributed by atoms with Crippen LogP contribution in [0.3, 0.4) is 0 Å². The average Bonchev–Trinajstić information content (AvgIpc) is 2.54. The van der Waals surface area contributed by atoms with Crippen molar-refractivity contribution in [3.63, 3.8) is 0 Å². The summed E-state index contributed by atoms with van der Waals surface area (Å²) >= 11 is 0. The molecule has 134 valence electrons. The molecule has 3 heteroatoms. The fourth-order valence-corrected chi connectivity index (χ4v) is 4.61. The van der Waals surface area contributed by atoms with Crippen LogP contribution in [-0.4, -0.2) is 6.18 Å². The molecular formula is C20H33F3. The predicted molar refractivity (Wildman–Crippen MR) is 90.2 cm³/mol. The van der Waals surface area contributed by atoms with Crippen molar-refractivity contribution in [2.75, 3.05) is 0 Å². The second-order valence-electron chi connectivity index (χ2n) is 7.76. The van der Waals surface area contributed by atoms with Gasteiger partial charge in [0.05, 0.1) is 5.92 Å². The summed E-state index contributed by atoms with van der Waals surface area (Å²) in [7, 11) is 0. The van der Waals surface area contributed by atoms with Gasteiger partial charge in [0.2, 0.25) is 0 Å². The highest BCUT2D eigenvalue weighted by Gasteiger charge is 2.37. The van der Waals surface area contributed by atoms with Gasteiger partial charge in [0.15, 0.2) is 0 Å². The Kier molecular flexibility index (Phi) is 7.49. The van der Waals surface area contributed by atoms with E-state index in [9.17, 15) is 13.2 Å². The Labute approximate surface area is 139 Å². The van der Waals surface area contributed by atoms with Crippen LogP contribution in [0.4, 0.5) is 13.2 Å². The third kappa shape index (κ3) is 6.15. The van der Waals surface area contributed by atoms with Gasteiger partial charge < -0.3 is 0 Å². The first kappa shape index (κ1) is 18.9. The minimum absolute atomic E-state index is 0.167. The molecule has 23 heavy (non-hydrogen) atoms. The SMILES string of the molecule is CCCC(CC=C[C@H]1CC[C@H](C2CCCCC2)CC1)C(F)(F)F. The molecule has 2 aliphatic rings. The van der Waals surface area contributed by atoms with Crippen LogP contribution in [0.5, 0.6) is 0 Å². The van der Waals surface area contributed by atoms with Crippen LogP contribution < -0.4 is 0 Å². The molecule has 2 aliphatic carbocycles. The smallest absolute Gasteiger partial charge is 0.171 e. The molecule has 2 saturated carbocycles.